The summed E-state index contributed by atoms with van der Waals surface area (Å²) in [6.45, 7) is 3.82. The predicted octanol–water partition coefficient (Wildman–Crippen LogP) is 2.43. The molecular formula is C11H14ClNO2. The minimum atomic E-state index is -0.918. The molecule has 1 atom stereocenters. The van der Waals surface area contributed by atoms with Crippen molar-refractivity contribution in [2.75, 3.05) is 0 Å². The topological polar surface area (TPSA) is 63.3 Å². The van der Waals surface area contributed by atoms with E-state index in [0.717, 1.165) is 16.7 Å². The third kappa shape index (κ3) is 2.94. The number of rotatable bonds is 3. The van der Waals surface area contributed by atoms with E-state index in [9.17, 15) is 4.79 Å². The van der Waals surface area contributed by atoms with Crippen LogP contribution in [0.15, 0.2) is 12.1 Å². The first kappa shape index (κ1) is 12.0. The van der Waals surface area contributed by atoms with E-state index in [0.29, 0.717) is 5.02 Å². The molecule has 3 nitrogen and oxygen atoms in total. The summed E-state index contributed by atoms with van der Waals surface area (Å²) in [6, 6.07) is 3.20. The summed E-state index contributed by atoms with van der Waals surface area (Å²) < 4.78 is 0. The highest BCUT2D eigenvalue weighted by molar-refractivity contribution is 6.31. The molecule has 0 saturated heterocycles. The summed E-state index contributed by atoms with van der Waals surface area (Å²) in [5.41, 5.74) is 8.49. The van der Waals surface area contributed by atoms with Crippen molar-refractivity contribution < 1.29 is 9.90 Å². The van der Waals surface area contributed by atoms with Crippen molar-refractivity contribution in [1.82, 2.24) is 0 Å². The molecular weight excluding hydrogens is 214 g/mol. The molecule has 1 unspecified atom stereocenters. The molecule has 15 heavy (non-hydrogen) atoms. The molecule has 0 fully saturated rings. The van der Waals surface area contributed by atoms with E-state index >= 15 is 0 Å². The summed E-state index contributed by atoms with van der Waals surface area (Å²) in [7, 11) is 0. The number of aryl methyl sites for hydroxylation is 2. The van der Waals surface area contributed by atoms with Gasteiger partial charge < -0.3 is 10.8 Å². The maximum absolute atomic E-state index is 10.5. The van der Waals surface area contributed by atoms with Crippen LogP contribution in [0.25, 0.3) is 0 Å². The summed E-state index contributed by atoms with van der Waals surface area (Å²) in [6.07, 6.45) is -0.108. The number of hydrogen-bond donors (Lipinski definition) is 2. The molecule has 0 saturated carbocycles. The first-order valence-electron chi connectivity index (χ1n) is 4.66. The van der Waals surface area contributed by atoms with Crippen molar-refractivity contribution in [3.63, 3.8) is 0 Å². The zero-order valence-electron chi connectivity index (χ0n) is 8.75. The van der Waals surface area contributed by atoms with Crippen LogP contribution in [0.1, 0.15) is 29.2 Å². The van der Waals surface area contributed by atoms with Crippen molar-refractivity contribution in [2.24, 2.45) is 5.73 Å². The second-order valence-electron chi connectivity index (χ2n) is 3.68. The highest BCUT2D eigenvalue weighted by Crippen LogP contribution is 2.28. The van der Waals surface area contributed by atoms with Crippen LogP contribution in [0.2, 0.25) is 5.02 Å². The third-order valence-corrected chi connectivity index (χ3v) is 2.56. The normalized spacial score (nSPS) is 12.5. The van der Waals surface area contributed by atoms with Gasteiger partial charge in [-0.2, -0.15) is 0 Å². The van der Waals surface area contributed by atoms with Crippen molar-refractivity contribution in [2.45, 2.75) is 26.3 Å². The van der Waals surface area contributed by atoms with E-state index in [1.165, 1.54) is 0 Å². The van der Waals surface area contributed by atoms with E-state index < -0.39 is 12.0 Å². The second-order valence-corrected chi connectivity index (χ2v) is 4.09. The quantitative estimate of drug-likeness (QED) is 0.834. The Bertz CT molecular complexity index is 367. The van der Waals surface area contributed by atoms with Crippen LogP contribution in [0.5, 0.6) is 0 Å². The molecule has 0 amide bonds. The molecule has 0 spiro atoms. The largest absolute Gasteiger partial charge is 0.481 e. The average molecular weight is 228 g/mol. The van der Waals surface area contributed by atoms with Crippen molar-refractivity contribution in [3.05, 3.63) is 33.8 Å². The Morgan fingerprint density at radius 2 is 2.13 bits per heavy atom. The molecule has 0 aliphatic carbocycles. The van der Waals surface area contributed by atoms with Gasteiger partial charge in [-0.1, -0.05) is 17.7 Å². The standard InChI is InChI=1S/C11H14ClNO2/c1-6-3-7(2)11(8(12)4-6)9(13)5-10(14)15/h3-4,9H,5,13H2,1-2H3,(H,14,15). The Morgan fingerprint density at radius 1 is 1.53 bits per heavy atom. The summed E-state index contributed by atoms with van der Waals surface area (Å²) >= 11 is 6.04. The predicted molar refractivity (Wildman–Crippen MR) is 60.1 cm³/mol. The molecule has 0 bridgehead atoms. The molecule has 0 radical (unpaired) electrons. The van der Waals surface area contributed by atoms with Gasteiger partial charge in [-0.3, -0.25) is 4.79 Å². The van der Waals surface area contributed by atoms with Gasteiger partial charge in [0.1, 0.15) is 0 Å². The number of hydrogen-bond acceptors (Lipinski definition) is 2. The molecule has 82 valence electrons. The van der Waals surface area contributed by atoms with Gasteiger partial charge in [-0.05, 0) is 36.6 Å². The fourth-order valence-electron chi connectivity index (χ4n) is 1.69. The number of carboxylic acids is 1. The van der Waals surface area contributed by atoms with Crippen LogP contribution in [-0.2, 0) is 4.79 Å². The van der Waals surface area contributed by atoms with E-state index in [1.54, 1.807) is 6.07 Å². The minimum absolute atomic E-state index is 0.108. The molecule has 0 heterocycles. The Kier molecular flexibility index (Phi) is 3.72. The van der Waals surface area contributed by atoms with Crippen LogP contribution in [0, 0.1) is 13.8 Å². The SMILES string of the molecule is Cc1cc(C)c(C(N)CC(=O)O)c(Cl)c1. The second kappa shape index (κ2) is 4.64. The fraction of sp³-hybridized carbons (Fsp3) is 0.364. The smallest absolute Gasteiger partial charge is 0.305 e. The average Bonchev–Trinajstić information content (AvgIpc) is 1.99. The lowest BCUT2D eigenvalue weighted by molar-refractivity contribution is -0.137. The summed E-state index contributed by atoms with van der Waals surface area (Å²) in [4.78, 5) is 10.5. The van der Waals surface area contributed by atoms with E-state index in [1.807, 2.05) is 19.9 Å². The Hall–Kier alpha value is -1.06. The molecule has 4 heteroatoms. The Morgan fingerprint density at radius 3 is 2.60 bits per heavy atom. The van der Waals surface area contributed by atoms with Crippen LogP contribution in [-0.4, -0.2) is 11.1 Å². The number of nitrogens with two attached hydrogens (primary N) is 1. The number of carboxylic acid groups (broad SMARTS) is 1. The fourth-order valence-corrected chi connectivity index (χ4v) is 2.15. The van der Waals surface area contributed by atoms with Gasteiger partial charge in [0.25, 0.3) is 0 Å². The van der Waals surface area contributed by atoms with Gasteiger partial charge in [-0.25, -0.2) is 0 Å². The number of aliphatic carboxylic acids is 1. The van der Waals surface area contributed by atoms with Crippen LogP contribution < -0.4 is 5.73 Å². The van der Waals surface area contributed by atoms with Crippen molar-refractivity contribution in [1.29, 1.82) is 0 Å². The van der Waals surface area contributed by atoms with Gasteiger partial charge in [0.05, 0.1) is 6.42 Å². The highest BCUT2D eigenvalue weighted by Gasteiger charge is 2.16. The maximum Gasteiger partial charge on any atom is 0.305 e. The first-order valence-corrected chi connectivity index (χ1v) is 5.03. The van der Waals surface area contributed by atoms with Gasteiger partial charge in [0, 0.05) is 11.1 Å². The molecule has 1 aromatic carbocycles. The van der Waals surface area contributed by atoms with Gasteiger partial charge in [0.15, 0.2) is 0 Å². The number of benzene rings is 1. The zero-order valence-corrected chi connectivity index (χ0v) is 9.51. The molecule has 1 aromatic rings. The van der Waals surface area contributed by atoms with Crippen LogP contribution in [0.4, 0.5) is 0 Å². The molecule has 3 N–H and O–H groups in total. The highest BCUT2D eigenvalue weighted by atomic mass is 35.5. The number of carbonyl (C=O) groups is 1. The van der Waals surface area contributed by atoms with Gasteiger partial charge in [0.2, 0.25) is 0 Å². The van der Waals surface area contributed by atoms with E-state index in [4.69, 9.17) is 22.4 Å². The monoisotopic (exact) mass is 227 g/mol. The Balaban J connectivity index is 3.08. The molecule has 0 aromatic heterocycles. The maximum atomic E-state index is 10.5. The molecule has 0 aliphatic rings. The van der Waals surface area contributed by atoms with E-state index in [-0.39, 0.29) is 6.42 Å². The minimum Gasteiger partial charge on any atom is -0.481 e. The third-order valence-electron chi connectivity index (χ3n) is 2.25. The van der Waals surface area contributed by atoms with Crippen molar-refractivity contribution >= 4 is 17.6 Å². The lowest BCUT2D eigenvalue weighted by atomic mass is 9.97. The molecule has 1 rings (SSSR count). The molecule has 0 aliphatic heterocycles. The Labute approximate surface area is 93.9 Å². The lowest BCUT2D eigenvalue weighted by Gasteiger charge is -2.15. The van der Waals surface area contributed by atoms with Crippen LogP contribution >= 0.6 is 11.6 Å². The lowest BCUT2D eigenvalue weighted by Crippen LogP contribution is -2.16. The van der Waals surface area contributed by atoms with Crippen LogP contribution in [0.3, 0.4) is 0 Å². The summed E-state index contributed by atoms with van der Waals surface area (Å²) in [5.74, 6) is -0.918. The van der Waals surface area contributed by atoms with E-state index in [2.05, 4.69) is 0 Å². The van der Waals surface area contributed by atoms with Gasteiger partial charge >= 0.3 is 5.97 Å². The van der Waals surface area contributed by atoms with Gasteiger partial charge in [-0.15, -0.1) is 0 Å². The number of halogens is 1. The summed E-state index contributed by atoms with van der Waals surface area (Å²) in [5, 5.41) is 9.20. The van der Waals surface area contributed by atoms with Crippen molar-refractivity contribution in [3.8, 4) is 0 Å². The first-order chi connectivity index (χ1) is 6.91. The zero-order chi connectivity index (χ0) is 11.6.